The highest BCUT2D eigenvalue weighted by Crippen LogP contribution is 2.18. The van der Waals surface area contributed by atoms with Gasteiger partial charge in [-0.3, -0.25) is 4.79 Å². The van der Waals surface area contributed by atoms with Crippen LogP contribution in [0.2, 0.25) is 0 Å². The van der Waals surface area contributed by atoms with E-state index in [2.05, 4.69) is 17.6 Å². The summed E-state index contributed by atoms with van der Waals surface area (Å²) in [6.07, 6.45) is 0. The lowest BCUT2D eigenvalue weighted by atomic mass is 10.1. The van der Waals surface area contributed by atoms with Crippen LogP contribution in [0.5, 0.6) is 5.75 Å². The summed E-state index contributed by atoms with van der Waals surface area (Å²) in [7, 11) is 1.59. The summed E-state index contributed by atoms with van der Waals surface area (Å²) in [5.41, 5.74) is 2.47. The first-order valence-corrected chi connectivity index (χ1v) is 6.98. The topological polar surface area (TPSA) is 50.4 Å². The lowest BCUT2D eigenvalue weighted by molar-refractivity contribution is 0.102. The summed E-state index contributed by atoms with van der Waals surface area (Å²) >= 11 is 0. The van der Waals surface area contributed by atoms with Crippen LogP contribution in [0.15, 0.2) is 48.5 Å². The molecule has 2 aromatic rings. The first-order valence-electron chi connectivity index (χ1n) is 6.98. The Hall–Kier alpha value is -2.33. The van der Waals surface area contributed by atoms with E-state index in [1.54, 1.807) is 25.3 Å². The van der Waals surface area contributed by atoms with E-state index < -0.39 is 0 Å². The molecule has 0 spiro atoms. The van der Waals surface area contributed by atoms with Crippen LogP contribution in [0.4, 0.5) is 5.69 Å². The number of carbonyl (C=O) groups excluding carboxylic acids is 1. The molecule has 0 heterocycles. The van der Waals surface area contributed by atoms with Crippen molar-refractivity contribution in [1.82, 2.24) is 5.32 Å². The molecule has 110 valence electrons. The average molecular weight is 284 g/mol. The van der Waals surface area contributed by atoms with Crippen molar-refractivity contribution in [3.05, 3.63) is 59.7 Å². The Balaban J connectivity index is 2.15. The van der Waals surface area contributed by atoms with Crippen LogP contribution in [0.1, 0.15) is 22.8 Å². The molecule has 4 nitrogen and oxygen atoms in total. The van der Waals surface area contributed by atoms with Crippen molar-refractivity contribution in [2.75, 3.05) is 19.0 Å². The van der Waals surface area contributed by atoms with Crippen molar-refractivity contribution >= 4 is 11.6 Å². The normalized spacial score (nSPS) is 10.2. The van der Waals surface area contributed by atoms with Crippen molar-refractivity contribution in [1.29, 1.82) is 0 Å². The number of para-hydroxylation sites is 1. The van der Waals surface area contributed by atoms with Crippen LogP contribution in [0, 0.1) is 0 Å². The monoisotopic (exact) mass is 284 g/mol. The van der Waals surface area contributed by atoms with Gasteiger partial charge in [-0.15, -0.1) is 0 Å². The van der Waals surface area contributed by atoms with E-state index in [0.717, 1.165) is 24.3 Å². The Bertz CT molecular complexity index is 611. The van der Waals surface area contributed by atoms with E-state index in [0.29, 0.717) is 11.3 Å². The highest BCUT2D eigenvalue weighted by Gasteiger charge is 2.09. The molecule has 0 bridgehead atoms. The van der Waals surface area contributed by atoms with Crippen LogP contribution in [0.25, 0.3) is 0 Å². The second kappa shape index (κ2) is 7.45. The maximum Gasteiger partial charge on any atom is 0.255 e. The van der Waals surface area contributed by atoms with Gasteiger partial charge in [0.05, 0.1) is 7.11 Å². The van der Waals surface area contributed by atoms with Crippen LogP contribution < -0.4 is 15.4 Å². The Morgan fingerprint density at radius 3 is 2.71 bits per heavy atom. The molecule has 2 N–H and O–H groups in total. The molecule has 0 saturated heterocycles. The SMILES string of the molecule is CCNCc1ccccc1NC(=O)c1cccc(OC)c1. The smallest absolute Gasteiger partial charge is 0.255 e. The van der Waals surface area contributed by atoms with Crippen molar-refractivity contribution in [3.63, 3.8) is 0 Å². The minimum absolute atomic E-state index is 0.141. The maximum atomic E-state index is 12.3. The van der Waals surface area contributed by atoms with Gasteiger partial charge in [0, 0.05) is 17.8 Å². The lowest BCUT2D eigenvalue weighted by Crippen LogP contribution is -2.17. The largest absolute Gasteiger partial charge is 0.497 e. The molecule has 1 amide bonds. The quantitative estimate of drug-likeness (QED) is 0.857. The predicted octanol–water partition coefficient (Wildman–Crippen LogP) is 3.06. The second-order valence-corrected chi connectivity index (χ2v) is 4.62. The molecule has 0 aliphatic rings. The number of ether oxygens (including phenoxy) is 1. The molecule has 21 heavy (non-hydrogen) atoms. The van der Waals surface area contributed by atoms with E-state index in [1.807, 2.05) is 30.3 Å². The fourth-order valence-corrected chi connectivity index (χ4v) is 2.01. The third-order valence-corrected chi connectivity index (χ3v) is 3.16. The summed E-state index contributed by atoms with van der Waals surface area (Å²) < 4.78 is 5.14. The number of amides is 1. The zero-order valence-electron chi connectivity index (χ0n) is 12.3. The minimum atomic E-state index is -0.141. The fourth-order valence-electron chi connectivity index (χ4n) is 2.01. The summed E-state index contributed by atoms with van der Waals surface area (Å²) in [6.45, 7) is 3.67. The molecule has 0 aliphatic carbocycles. The average Bonchev–Trinajstić information content (AvgIpc) is 2.54. The molecule has 0 atom stereocenters. The van der Waals surface area contributed by atoms with E-state index in [9.17, 15) is 4.79 Å². The van der Waals surface area contributed by atoms with Gasteiger partial charge < -0.3 is 15.4 Å². The molecule has 0 aromatic heterocycles. The highest BCUT2D eigenvalue weighted by molar-refractivity contribution is 6.04. The molecule has 2 rings (SSSR count). The van der Waals surface area contributed by atoms with Gasteiger partial charge in [-0.2, -0.15) is 0 Å². The number of anilines is 1. The number of hydrogen-bond donors (Lipinski definition) is 2. The molecule has 0 fully saturated rings. The molecule has 0 saturated carbocycles. The first kappa shape index (κ1) is 15.1. The minimum Gasteiger partial charge on any atom is -0.497 e. The van der Waals surface area contributed by atoms with Gasteiger partial charge in [-0.05, 0) is 36.4 Å². The van der Waals surface area contributed by atoms with Crippen molar-refractivity contribution in [3.8, 4) is 5.75 Å². The van der Waals surface area contributed by atoms with Gasteiger partial charge in [0.2, 0.25) is 0 Å². The maximum absolute atomic E-state index is 12.3. The van der Waals surface area contributed by atoms with Crippen LogP contribution in [0.3, 0.4) is 0 Å². The summed E-state index contributed by atoms with van der Waals surface area (Å²) in [4.78, 5) is 12.3. The standard InChI is InChI=1S/C17H20N2O2/c1-3-18-12-14-7-4-5-10-16(14)19-17(20)13-8-6-9-15(11-13)21-2/h4-11,18H,3,12H2,1-2H3,(H,19,20). The third kappa shape index (κ3) is 4.07. The predicted molar refractivity (Wildman–Crippen MR) is 84.8 cm³/mol. The third-order valence-electron chi connectivity index (χ3n) is 3.16. The van der Waals surface area contributed by atoms with Crippen LogP contribution >= 0.6 is 0 Å². The highest BCUT2D eigenvalue weighted by atomic mass is 16.5. The number of nitrogens with one attached hydrogen (secondary N) is 2. The molecular formula is C17H20N2O2. The van der Waals surface area contributed by atoms with Gasteiger partial charge >= 0.3 is 0 Å². The first-order chi connectivity index (χ1) is 10.2. The van der Waals surface area contributed by atoms with Gasteiger partial charge in [0.25, 0.3) is 5.91 Å². The molecule has 0 unspecified atom stereocenters. The van der Waals surface area contributed by atoms with Crippen LogP contribution in [-0.4, -0.2) is 19.6 Å². The Morgan fingerprint density at radius 2 is 1.95 bits per heavy atom. The van der Waals surface area contributed by atoms with Crippen molar-refractivity contribution in [2.45, 2.75) is 13.5 Å². The molecule has 0 radical (unpaired) electrons. The van der Waals surface area contributed by atoms with Gasteiger partial charge in [-0.25, -0.2) is 0 Å². The fraction of sp³-hybridized carbons (Fsp3) is 0.235. The van der Waals surface area contributed by atoms with Crippen molar-refractivity contribution < 1.29 is 9.53 Å². The van der Waals surface area contributed by atoms with E-state index in [4.69, 9.17) is 4.74 Å². The summed E-state index contributed by atoms with van der Waals surface area (Å²) in [6, 6.07) is 14.9. The molecule has 4 heteroatoms. The summed E-state index contributed by atoms with van der Waals surface area (Å²) in [5.74, 6) is 0.529. The van der Waals surface area contributed by atoms with Gasteiger partial charge in [0.15, 0.2) is 0 Å². The van der Waals surface area contributed by atoms with E-state index in [1.165, 1.54) is 0 Å². The lowest BCUT2D eigenvalue weighted by Gasteiger charge is -2.11. The Morgan fingerprint density at radius 1 is 1.14 bits per heavy atom. The number of benzene rings is 2. The number of carbonyl (C=O) groups is 1. The van der Waals surface area contributed by atoms with E-state index >= 15 is 0 Å². The molecular weight excluding hydrogens is 264 g/mol. The molecule has 0 aliphatic heterocycles. The summed E-state index contributed by atoms with van der Waals surface area (Å²) in [5, 5.41) is 6.22. The zero-order chi connectivity index (χ0) is 15.1. The van der Waals surface area contributed by atoms with Gasteiger partial charge in [-0.1, -0.05) is 31.2 Å². The zero-order valence-corrected chi connectivity index (χ0v) is 12.3. The van der Waals surface area contributed by atoms with Gasteiger partial charge in [0.1, 0.15) is 5.75 Å². The van der Waals surface area contributed by atoms with Crippen molar-refractivity contribution in [2.24, 2.45) is 0 Å². The second-order valence-electron chi connectivity index (χ2n) is 4.62. The molecule has 2 aromatic carbocycles. The Kier molecular flexibility index (Phi) is 5.35. The number of rotatable bonds is 6. The van der Waals surface area contributed by atoms with E-state index in [-0.39, 0.29) is 5.91 Å². The number of methoxy groups -OCH3 is 1. The van der Waals surface area contributed by atoms with Crippen LogP contribution in [-0.2, 0) is 6.54 Å². The number of hydrogen-bond acceptors (Lipinski definition) is 3. The Labute approximate surface area is 125 Å².